The molecular weight excluding hydrogens is 401 g/mol. The summed E-state index contributed by atoms with van der Waals surface area (Å²) in [6.45, 7) is 3.49. The van der Waals surface area contributed by atoms with Crippen LogP contribution >= 0.6 is 59.4 Å². The van der Waals surface area contributed by atoms with Gasteiger partial charge < -0.3 is 5.32 Å². The summed E-state index contributed by atoms with van der Waals surface area (Å²) in [5.74, 6) is -0.304. The first kappa shape index (κ1) is 21.0. The predicted octanol–water partition coefficient (Wildman–Crippen LogP) is 5.03. The van der Waals surface area contributed by atoms with Gasteiger partial charge >= 0.3 is 0 Å². The molecule has 1 aliphatic heterocycles. The van der Waals surface area contributed by atoms with E-state index in [1.807, 2.05) is 17.5 Å². The molecule has 3 rings (SSSR count). The van der Waals surface area contributed by atoms with Crippen molar-refractivity contribution in [1.29, 1.82) is 0 Å². The minimum atomic E-state index is -0.304. The molecule has 2 aromatic rings. The van der Waals surface area contributed by atoms with E-state index in [1.54, 1.807) is 11.3 Å². The van der Waals surface area contributed by atoms with Gasteiger partial charge in [-0.15, -0.1) is 36.2 Å². The molecule has 1 fully saturated rings. The first-order valence-corrected chi connectivity index (χ1v) is 8.43. The fraction of sp³-hybridized carbons (Fsp3) is 0.333. The van der Waals surface area contributed by atoms with Crippen LogP contribution in [0.2, 0.25) is 10.0 Å². The fourth-order valence-electron chi connectivity index (χ4n) is 2.69. The third-order valence-corrected chi connectivity index (χ3v) is 5.43. The molecule has 2 heterocycles. The summed E-state index contributed by atoms with van der Waals surface area (Å²) in [5, 5.41) is 6.02. The Hall–Kier alpha value is -0.0700. The van der Waals surface area contributed by atoms with E-state index in [0.717, 1.165) is 31.1 Å². The summed E-state index contributed by atoms with van der Waals surface area (Å²) in [6, 6.07) is 6.72. The molecule has 0 amide bonds. The van der Waals surface area contributed by atoms with Crippen molar-refractivity contribution in [3.8, 4) is 0 Å². The van der Waals surface area contributed by atoms with Crippen molar-refractivity contribution < 1.29 is 4.39 Å². The van der Waals surface area contributed by atoms with Crippen molar-refractivity contribution in [3.05, 3.63) is 55.9 Å². The second kappa shape index (κ2) is 9.42. The first-order valence-electron chi connectivity index (χ1n) is 6.80. The van der Waals surface area contributed by atoms with Crippen LogP contribution in [0.25, 0.3) is 0 Å². The molecule has 1 aliphatic rings. The average molecular weight is 418 g/mol. The van der Waals surface area contributed by atoms with Gasteiger partial charge in [-0.05, 0) is 23.6 Å². The van der Waals surface area contributed by atoms with Crippen LogP contribution in [0.3, 0.4) is 0 Å². The lowest BCUT2D eigenvalue weighted by molar-refractivity contribution is 0.197. The maximum Gasteiger partial charge on any atom is 0.129 e. The number of piperazine rings is 1. The van der Waals surface area contributed by atoms with E-state index < -0.39 is 0 Å². The number of benzene rings is 1. The highest BCUT2D eigenvalue weighted by Gasteiger charge is 2.29. The van der Waals surface area contributed by atoms with E-state index in [9.17, 15) is 4.39 Å². The average Bonchev–Trinajstić information content (AvgIpc) is 3.02. The molecule has 8 heteroatoms. The van der Waals surface area contributed by atoms with E-state index >= 15 is 0 Å². The zero-order valence-corrected chi connectivity index (χ0v) is 16.1. The molecule has 23 heavy (non-hydrogen) atoms. The normalized spacial score (nSPS) is 16.3. The molecule has 1 saturated heterocycles. The largest absolute Gasteiger partial charge is 0.314 e. The van der Waals surface area contributed by atoms with E-state index in [2.05, 4.69) is 10.2 Å². The van der Waals surface area contributed by atoms with Crippen LogP contribution in [0, 0.1) is 5.82 Å². The number of rotatable bonds is 3. The van der Waals surface area contributed by atoms with Gasteiger partial charge in [0.25, 0.3) is 0 Å². The van der Waals surface area contributed by atoms with Crippen molar-refractivity contribution >= 4 is 59.4 Å². The van der Waals surface area contributed by atoms with Crippen molar-refractivity contribution in [2.24, 2.45) is 0 Å². The Bertz CT molecular complexity index is 618. The summed E-state index contributed by atoms with van der Waals surface area (Å²) in [4.78, 5) is 3.34. The molecule has 0 aliphatic carbocycles. The Balaban J connectivity index is 0.00000132. The minimum Gasteiger partial charge on any atom is -0.314 e. The highest BCUT2D eigenvalue weighted by Crippen LogP contribution is 2.40. The predicted molar refractivity (Wildman–Crippen MR) is 102 cm³/mol. The van der Waals surface area contributed by atoms with Gasteiger partial charge in [-0.3, -0.25) is 4.90 Å². The zero-order valence-electron chi connectivity index (χ0n) is 12.1. The molecule has 0 bridgehead atoms. The van der Waals surface area contributed by atoms with Gasteiger partial charge in [0.05, 0.1) is 16.1 Å². The number of hydrogen-bond donors (Lipinski definition) is 1. The Morgan fingerprint density at radius 1 is 1.13 bits per heavy atom. The molecule has 0 spiro atoms. The monoisotopic (exact) mass is 416 g/mol. The SMILES string of the molecule is Cl.Cl.Fc1ccc(Cl)c(Cl)c1[C@@H](c1cccs1)N1CCNCC1. The number of nitrogens with zero attached hydrogens (tertiary/aromatic N) is 1. The second-order valence-electron chi connectivity index (χ2n) is 4.96. The topological polar surface area (TPSA) is 15.3 Å². The maximum absolute atomic E-state index is 14.4. The van der Waals surface area contributed by atoms with Crippen LogP contribution in [0.1, 0.15) is 16.5 Å². The Morgan fingerprint density at radius 2 is 1.83 bits per heavy atom. The highest BCUT2D eigenvalue weighted by molar-refractivity contribution is 7.10. The van der Waals surface area contributed by atoms with E-state index in [-0.39, 0.29) is 36.7 Å². The van der Waals surface area contributed by atoms with Gasteiger partial charge in [-0.1, -0.05) is 29.3 Å². The van der Waals surface area contributed by atoms with Crippen molar-refractivity contribution in [3.63, 3.8) is 0 Å². The van der Waals surface area contributed by atoms with Crippen LogP contribution in [0.5, 0.6) is 0 Å². The number of nitrogens with one attached hydrogen (secondary N) is 1. The number of halogens is 5. The lowest BCUT2D eigenvalue weighted by Gasteiger charge is -2.35. The molecule has 1 aromatic carbocycles. The molecule has 1 aromatic heterocycles. The van der Waals surface area contributed by atoms with Gasteiger partial charge in [0.15, 0.2) is 0 Å². The van der Waals surface area contributed by atoms with Crippen molar-refractivity contribution in [2.75, 3.05) is 26.2 Å². The lowest BCUT2D eigenvalue weighted by Crippen LogP contribution is -2.45. The fourth-order valence-corrected chi connectivity index (χ4v) is 3.97. The van der Waals surface area contributed by atoms with E-state index in [1.165, 1.54) is 12.1 Å². The zero-order chi connectivity index (χ0) is 14.8. The summed E-state index contributed by atoms with van der Waals surface area (Å²) in [6.07, 6.45) is 0. The summed E-state index contributed by atoms with van der Waals surface area (Å²) >= 11 is 14.0. The Labute approximate surface area is 161 Å². The number of thiophene rings is 1. The van der Waals surface area contributed by atoms with Crippen LogP contribution < -0.4 is 5.32 Å². The van der Waals surface area contributed by atoms with Gasteiger partial charge in [0, 0.05) is 36.6 Å². The molecule has 128 valence electrons. The summed E-state index contributed by atoms with van der Waals surface area (Å²) in [7, 11) is 0. The molecule has 0 radical (unpaired) electrons. The van der Waals surface area contributed by atoms with Crippen LogP contribution in [0.4, 0.5) is 4.39 Å². The van der Waals surface area contributed by atoms with Gasteiger partial charge in [0.1, 0.15) is 5.82 Å². The maximum atomic E-state index is 14.4. The molecule has 0 unspecified atom stereocenters. The lowest BCUT2D eigenvalue weighted by atomic mass is 10.0. The Kier molecular flexibility index (Phi) is 8.59. The quantitative estimate of drug-likeness (QED) is 0.704. The molecule has 2 nitrogen and oxygen atoms in total. The Morgan fingerprint density at radius 3 is 2.43 bits per heavy atom. The summed E-state index contributed by atoms with van der Waals surface area (Å²) in [5.41, 5.74) is 0.480. The van der Waals surface area contributed by atoms with Gasteiger partial charge in [-0.2, -0.15) is 0 Å². The minimum absolute atomic E-state index is 0. The second-order valence-corrected chi connectivity index (χ2v) is 6.73. The third kappa shape index (κ3) is 4.51. The van der Waals surface area contributed by atoms with Gasteiger partial charge in [-0.25, -0.2) is 4.39 Å². The standard InChI is InChI=1S/C15H15Cl2FN2S.2ClH/c16-10-3-4-11(18)13(14(10)17)15(12-2-1-9-21-12)20-7-5-19-6-8-20;;/h1-4,9,15,19H,5-8H2;2*1H/t15-;;/m1../s1. The van der Waals surface area contributed by atoms with Crippen molar-refractivity contribution in [2.45, 2.75) is 6.04 Å². The molecule has 0 saturated carbocycles. The van der Waals surface area contributed by atoms with Gasteiger partial charge in [0.2, 0.25) is 0 Å². The highest BCUT2D eigenvalue weighted by atomic mass is 35.5. The third-order valence-electron chi connectivity index (χ3n) is 3.68. The van der Waals surface area contributed by atoms with E-state index in [4.69, 9.17) is 23.2 Å². The van der Waals surface area contributed by atoms with Crippen molar-refractivity contribution in [1.82, 2.24) is 10.2 Å². The van der Waals surface area contributed by atoms with Crippen LogP contribution in [0.15, 0.2) is 29.6 Å². The summed E-state index contributed by atoms with van der Waals surface area (Å²) < 4.78 is 14.4. The number of hydrogen-bond acceptors (Lipinski definition) is 3. The van der Waals surface area contributed by atoms with Crippen LogP contribution in [-0.2, 0) is 0 Å². The molecule has 1 atom stereocenters. The smallest absolute Gasteiger partial charge is 0.129 e. The molecular formula is C15H17Cl4FN2S. The van der Waals surface area contributed by atoms with E-state index in [0.29, 0.717) is 15.6 Å². The van der Waals surface area contributed by atoms with Crippen LogP contribution in [-0.4, -0.2) is 31.1 Å². The first-order chi connectivity index (χ1) is 10.2. The molecule has 1 N–H and O–H groups in total.